The SMILES string of the molecule is CCCCCCCCCc1cnc(-c2ccc(OCCCCCC)cc2)nc1. The standard InChI is InChI=1S/C25H38N2O/c1-3-5-7-9-10-11-12-14-22-20-26-25(27-21-22)23-15-17-24(18-16-23)28-19-13-8-6-4-2/h15-18,20-21H,3-14,19H2,1-2H3. The molecule has 154 valence electrons. The Bertz CT molecular complexity index is 622. The van der Waals surface area contributed by atoms with Crippen LogP contribution in [-0.2, 0) is 6.42 Å². The minimum atomic E-state index is 0.790. The normalized spacial score (nSPS) is 10.9. The van der Waals surface area contributed by atoms with Crippen LogP contribution in [0.3, 0.4) is 0 Å². The van der Waals surface area contributed by atoms with Crippen molar-refractivity contribution in [3.05, 3.63) is 42.2 Å². The molecule has 1 aromatic heterocycles. The smallest absolute Gasteiger partial charge is 0.159 e. The van der Waals surface area contributed by atoms with Gasteiger partial charge >= 0.3 is 0 Å². The van der Waals surface area contributed by atoms with Gasteiger partial charge in [0.05, 0.1) is 6.61 Å². The van der Waals surface area contributed by atoms with Gasteiger partial charge in [-0.25, -0.2) is 9.97 Å². The van der Waals surface area contributed by atoms with Crippen LogP contribution in [0.15, 0.2) is 36.7 Å². The van der Waals surface area contributed by atoms with Crippen molar-refractivity contribution in [2.24, 2.45) is 0 Å². The van der Waals surface area contributed by atoms with E-state index in [1.54, 1.807) is 0 Å². The van der Waals surface area contributed by atoms with Gasteiger partial charge in [0.15, 0.2) is 5.82 Å². The zero-order valence-corrected chi connectivity index (χ0v) is 18.0. The van der Waals surface area contributed by atoms with Crippen molar-refractivity contribution in [2.75, 3.05) is 6.61 Å². The van der Waals surface area contributed by atoms with E-state index < -0.39 is 0 Å². The molecule has 0 aliphatic carbocycles. The quantitative estimate of drug-likeness (QED) is 0.301. The van der Waals surface area contributed by atoms with Gasteiger partial charge in [-0.15, -0.1) is 0 Å². The Kier molecular flexibility index (Phi) is 11.3. The van der Waals surface area contributed by atoms with Crippen LogP contribution in [0.25, 0.3) is 11.4 Å². The maximum Gasteiger partial charge on any atom is 0.159 e. The second-order valence-electron chi connectivity index (χ2n) is 7.72. The van der Waals surface area contributed by atoms with Gasteiger partial charge in [0, 0.05) is 18.0 Å². The molecule has 2 aromatic rings. The Morgan fingerprint density at radius 3 is 1.89 bits per heavy atom. The van der Waals surface area contributed by atoms with E-state index >= 15 is 0 Å². The van der Waals surface area contributed by atoms with E-state index in [0.717, 1.165) is 36.6 Å². The molecule has 0 aliphatic heterocycles. The third kappa shape index (κ3) is 8.86. The lowest BCUT2D eigenvalue weighted by Crippen LogP contribution is -1.97. The lowest BCUT2D eigenvalue weighted by molar-refractivity contribution is 0.305. The average molecular weight is 383 g/mol. The number of rotatable bonds is 15. The number of benzene rings is 1. The molecule has 28 heavy (non-hydrogen) atoms. The topological polar surface area (TPSA) is 35.0 Å². The van der Waals surface area contributed by atoms with E-state index in [1.165, 1.54) is 69.8 Å². The summed E-state index contributed by atoms with van der Waals surface area (Å²) in [5.41, 5.74) is 2.28. The lowest BCUT2D eigenvalue weighted by Gasteiger charge is -2.07. The van der Waals surface area contributed by atoms with Crippen molar-refractivity contribution in [1.82, 2.24) is 9.97 Å². The van der Waals surface area contributed by atoms with Crippen LogP contribution in [0.2, 0.25) is 0 Å². The van der Waals surface area contributed by atoms with Crippen molar-refractivity contribution in [2.45, 2.75) is 90.9 Å². The molecule has 1 aromatic carbocycles. The number of hydrogen-bond acceptors (Lipinski definition) is 3. The highest BCUT2D eigenvalue weighted by molar-refractivity contribution is 5.55. The van der Waals surface area contributed by atoms with Crippen LogP contribution in [-0.4, -0.2) is 16.6 Å². The molecule has 0 amide bonds. The Labute approximate surface area is 172 Å². The Morgan fingerprint density at radius 1 is 0.679 bits per heavy atom. The first kappa shape index (κ1) is 22.4. The van der Waals surface area contributed by atoms with Crippen LogP contribution in [0.5, 0.6) is 5.75 Å². The van der Waals surface area contributed by atoms with Crippen LogP contribution >= 0.6 is 0 Å². The predicted octanol–water partition coefficient (Wildman–Crippen LogP) is 7.40. The van der Waals surface area contributed by atoms with Gasteiger partial charge in [0.25, 0.3) is 0 Å². The molecule has 0 radical (unpaired) electrons. The molecule has 0 atom stereocenters. The first-order chi connectivity index (χ1) is 13.8. The van der Waals surface area contributed by atoms with Crippen molar-refractivity contribution >= 4 is 0 Å². The summed E-state index contributed by atoms with van der Waals surface area (Å²) < 4.78 is 5.81. The van der Waals surface area contributed by atoms with Crippen molar-refractivity contribution in [1.29, 1.82) is 0 Å². The molecule has 0 fully saturated rings. The summed E-state index contributed by atoms with van der Waals surface area (Å²) in [6.45, 7) is 5.29. The molecular weight excluding hydrogens is 344 g/mol. The molecule has 0 saturated carbocycles. The number of aromatic nitrogens is 2. The molecule has 0 N–H and O–H groups in total. The van der Waals surface area contributed by atoms with E-state index in [4.69, 9.17) is 4.74 Å². The Morgan fingerprint density at radius 2 is 1.25 bits per heavy atom. The number of aryl methyl sites for hydroxylation is 1. The summed E-state index contributed by atoms with van der Waals surface area (Å²) in [6.07, 6.45) is 19.3. The van der Waals surface area contributed by atoms with E-state index in [1.807, 2.05) is 36.7 Å². The molecular formula is C25H38N2O. The molecule has 1 heterocycles. The summed E-state index contributed by atoms with van der Waals surface area (Å²) in [5, 5.41) is 0. The molecule has 3 heteroatoms. The van der Waals surface area contributed by atoms with Crippen LogP contribution in [0, 0.1) is 0 Å². The third-order valence-electron chi connectivity index (χ3n) is 5.15. The van der Waals surface area contributed by atoms with Crippen molar-refractivity contribution in [3.63, 3.8) is 0 Å². The zero-order valence-electron chi connectivity index (χ0n) is 18.0. The van der Waals surface area contributed by atoms with E-state index in [0.29, 0.717) is 0 Å². The summed E-state index contributed by atoms with van der Waals surface area (Å²) >= 11 is 0. The Balaban J connectivity index is 1.70. The Hall–Kier alpha value is -1.90. The van der Waals surface area contributed by atoms with Crippen molar-refractivity contribution in [3.8, 4) is 17.1 Å². The maximum absolute atomic E-state index is 5.81. The molecule has 0 unspecified atom stereocenters. The molecule has 0 spiro atoms. The predicted molar refractivity (Wildman–Crippen MR) is 119 cm³/mol. The molecule has 3 nitrogen and oxygen atoms in total. The second kappa shape index (κ2) is 14.1. The first-order valence-corrected chi connectivity index (χ1v) is 11.4. The average Bonchev–Trinajstić information content (AvgIpc) is 2.74. The monoisotopic (exact) mass is 382 g/mol. The third-order valence-corrected chi connectivity index (χ3v) is 5.15. The highest BCUT2D eigenvalue weighted by atomic mass is 16.5. The number of unbranched alkanes of at least 4 members (excludes halogenated alkanes) is 9. The fourth-order valence-corrected chi connectivity index (χ4v) is 3.34. The second-order valence-corrected chi connectivity index (χ2v) is 7.72. The van der Waals surface area contributed by atoms with Gasteiger partial charge < -0.3 is 4.74 Å². The maximum atomic E-state index is 5.81. The molecule has 0 aliphatic rings. The van der Waals surface area contributed by atoms with Gasteiger partial charge in [-0.1, -0.05) is 71.6 Å². The fourth-order valence-electron chi connectivity index (χ4n) is 3.34. The number of ether oxygens (including phenoxy) is 1. The van der Waals surface area contributed by atoms with Crippen molar-refractivity contribution < 1.29 is 4.74 Å². The zero-order chi connectivity index (χ0) is 19.9. The van der Waals surface area contributed by atoms with Gasteiger partial charge in [0.1, 0.15) is 5.75 Å². The molecule has 0 saturated heterocycles. The number of nitrogens with zero attached hydrogens (tertiary/aromatic N) is 2. The fraction of sp³-hybridized carbons (Fsp3) is 0.600. The van der Waals surface area contributed by atoms with Gasteiger partial charge in [-0.05, 0) is 49.1 Å². The minimum absolute atomic E-state index is 0.790. The number of hydrogen-bond donors (Lipinski definition) is 0. The van der Waals surface area contributed by atoms with Crippen LogP contribution < -0.4 is 4.74 Å². The highest BCUT2D eigenvalue weighted by Crippen LogP contribution is 2.20. The van der Waals surface area contributed by atoms with Crippen LogP contribution in [0.1, 0.15) is 90.0 Å². The van der Waals surface area contributed by atoms with Crippen LogP contribution in [0.4, 0.5) is 0 Å². The van der Waals surface area contributed by atoms with Gasteiger partial charge in [-0.2, -0.15) is 0 Å². The summed E-state index contributed by atoms with van der Waals surface area (Å²) in [7, 11) is 0. The summed E-state index contributed by atoms with van der Waals surface area (Å²) in [6, 6.07) is 8.13. The summed E-state index contributed by atoms with van der Waals surface area (Å²) in [5.74, 6) is 1.72. The largest absolute Gasteiger partial charge is 0.494 e. The van der Waals surface area contributed by atoms with Gasteiger partial charge in [0.2, 0.25) is 0 Å². The highest BCUT2D eigenvalue weighted by Gasteiger charge is 2.03. The molecule has 2 rings (SSSR count). The molecule has 0 bridgehead atoms. The van der Waals surface area contributed by atoms with E-state index in [2.05, 4.69) is 23.8 Å². The minimum Gasteiger partial charge on any atom is -0.494 e. The van der Waals surface area contributed by atoms with Gasteiger partial charge in [-0.3, -0.25) is 0 Å². The van der Waals surface area contributed by atoms with E-state index in [9.17, 15) is 0 Å². The lowest BCUT2D eigenvalue weighted by atomic mass is 10.1. The summed E-state index contributed by atoms with van der Waals surface area (Å²) in [4.78, 5) is 9.12. The van der Waals surface area contributed by atoms with E-state index in [-0.39, 0.29) is 0 Å². The first-order valence-electron chi connectivity index (χ1n) is 11.4.